The van der Waals surface area contributed by atoms with Crippen LogP contribution in [0.15, 0.2) is 24.5 Å². The zero-order valence-corrected chi connectivity index (χ0v) is 9.95. The van der Waals surface area contributed by atoms with E-state index in [1.807, 2.05) is 18.5 Å². The van der Waals surface area contributed by atoms with Crippen LogP contribution >= 0.6 is 0 Å². The second-order valence-electron chi connectivity index (χ2n) is 3.95. The Morgan fingerprint density at radius 1 is 1.13 bits per heavy atom. The molecule has 1 aromatic rings. The molecule has 1 heterocycles. The standard InChI is InChI=1S/C13H22N2/c1-3-9-15(10-4-2)11-7-13-6-5-8-14-12-13/h5-6,8,12H,3-4,7,9-11H2,1-2H3. The second-order valence-corrected chi connectivity index (χ2v) is 3.95. The van der Waals surface area contributed by atoms with Crippen LogP contribution in [0.25, 0.3) is 0 Å². The molecule has 0 aliphatic rings. The fourth-order valence-corrected chi connectivity index (χ4v) is 1.80. The second kappa shape index (κ2) is 7.41. The van der Waals surface area contributed by atoms with E-state index in [-0.39, 0.29) is 0 Å². The highest BCUT2D eigenvalue weighted by atomic mass is 15.1. The monoisotopic (exact) mass is 206 g/mol. The van der Waals surface area contributed by atoms with Gasteiger partial charge in [-0.1, -0.05) is 19.9 Å². The van der Waals surface area contributed by atoms with E-state index in [2.05, 4.69) is 29.8 Å². The third-order valence-electron chi connectivity index (χ3n) is 2.52. The van der Waals surface area contributed by atoms with Gasteiger partial charge in [-0.3, -0.25) is 4.98 Å². The van der Waals surface area contributed by atoms with Gasteiger partial charge in [-0.2, -0.15) is 0 Å². The maximum Gasteiger partial charge on any atom is 0.0300 e. The van der Waals surface area contributed by atoms with E-state index < -0.39 is 0 Å². The Hall–Kier alpha value is -0.890. The van der Waals surface area contributed by atoms with Crippen molar-refractivity contribution in [1.82, 2.24) is 9.88 Å². The molecule has 84 valence electrons. The Kier molecular flexibility index (Phi) is 6.02. The summed E-state index contributed by atoms with van der Waals surface area (Å²) in [5, 5.41) is 0. The molecular weight excluding hydrogens is 184 g/mol. The maximum atomic E-state index is 4.14. The van der Waals surface area contributed by atoms with Crippen LogP contribution in [0.4, 0.5) is 0 Å². The van der Waals surface area contributed by atoms with Crippen molar-refractivity contribution in [3.8, 4) is 0 Å². The molecule has 0 fully saturated rings. The van der Waals surface area contributed by atoms with Crippen LogP contribution in [0.5, 0.6) is 0 Å². The average molecular weight is 206 g/mol. The van der Waals surface area contributed by atoms with Gasteiger partial charge in [0.05, 0.1) is 0 Å². The first kappa shape index (κ1) is 12.2. The van der Waals surface area contributed by atoms with Gasteiger partial charge in [-0.25, -0.2) is 0 Å². The van der Waals surface area contributed by atoms with Crippen molar-refractivity contribution in [3.05, 3.63) is 30.1 Å². The van der Waals surface area contributed by atoms with Crippen LogP contribution in [0.3, 0.4) is 0 Å². The fraction of sp³-hybridized carbons (Fsp3) is 0.615. The van der Waals surface area contributed by atoms with Crippen molar-refractivity contribution in [2.24, 2.45) is 0 Å². The summed E-state index contributed by atoms with van der Waals surface area (Å²) in [6.45, 7) is 8.08. The molecule has 0 atom stereocenters. The minimum absolute atomic E-state index is 1.12. The van der Waals surface area contributed by atoms with Gasteiger partial charge in [0, 0.05) is 18.9 Å². The first-order chi connectivity index (χ1) is 7.36. The summed E-state index contributed by atoms with van der Waals surface area (Å²) in [6.07, 6.45) is 7.41. The van der Waals surface area contributed by atoms with E-state index in [9.17, 15) is 0 Å². The summed E-state index contributed by atoms with van der Waals surface area (Å²) < 4.78 is 0. The van der Waals surface area contributed by atoms with E-state index in [1.165, 1.54) is 31.5 Å². The van der Waals surface area contributed by atoms with Crippen molar-refractivity contribution in [3.63, 3.8) is 0 Å². The molecule has 2 nitrogen and oxygen atoms in total. The molecule has 0 aromatic carbocycles. The molecule has 0 spiro atoms. The fourth-order valence-electron chi connectivity index (χ4n) is 1.80. The van der Waals surface area contributed by atoms with Crippen LogP contribution in [-0.4, -0.2) is 29.5 Å². The van der Waals surface area contributed by atoms with E-state index >= 15 is 0 Å². The molecule has 15 heavy (non-hydrogen) atoms. The summed E-state index contributed by atoms with van der Waals surface area (Å²) in [5.41, 5.74) is 1.34. The molecule has 0 unspecified atom stereocenters. The number of rotatable bonds is 7. The minimum Gasteiger partial charge on any atom is -0.303 e. The number of aromatic nitrogens is 1. The third kappa shape index (κ3) is 4.93. The van der Waals surface area contributed by atoms with Gasteiger partial charge in [0.2, 0.25) is 0 Å². The summed E-state index contributed by atoms with van der Waals surface area (Å²) in [4.78, 5) is 6.67. The minimum atomic E-state index is 1.12. The number of nitrogens with zero attached hydrogens (tertiary/aromatic N) is 2. The van der Waals surface area contributed by atoms with E-state index in [4.69, 9.17) is 0 Å². The molecule has 0 aliphatic heterocycles. The molecule has 2 heteroatoms. The number of hydrogen-bond acceptors (Lipinski definition) is 2. The third-order valence-corrected chi connectivity index (χ3v) is 2.52. The summed E-state index contributed by atoms with van der Waals surface area (Å²) in [7, 11) is 0. The van der Waals surface area contributed by atoms with Crippen molar-refractivity contribution < 1.29 is 0 Å². The quantitative estimate of drug-likeness (QED) is 0.682. The Balaban J connectivity index is 2.33. The van der Waals surface area contributed by atoms with Crippen molar-refractivity contribution in [2.75, 3.05) is 19.6 Å². The van der Waals surface area contributed by atoms with Gasteiger partial charge in [-0.05, 0) is 44.0 Å². The van der Waals surface area contributed by atoms with E-state index in [1.54, 1.807) is 0 Å². The summed E-state index contributed by atoms with van der Waals surface area (Å²) >= 11 is 0. The molecule has 0 radical (unpaired) electrons. The molecule has 1 rings (SSSR count). The lowest BCUT2D eigenvalue weighted by atomic mass is 10.2. The Bertz CT molecular complexity index is 240. The van der Waals surface area contributed by atoms with Crippen LogP contribution in [0.2, 0.25) is 0 Å². The topological polar surface area (TPSA) is 16.1 Å². The largest absolute Gasteiger partial charge is 0.303 e. The molecule has 0 bridgehead atoms. The molecule has 1 aromatic heterocycles. The Morgan fingerprint density at radius 3 is 2.40 bits per heavy atom. The van der Waals surface area contributed by atoms with Crippen LogP contribution in [-0.2, 0) is 6.42 Å². The lowest BCUT2D eigenvalue weighted by Gasteiger charge is -2.20. The van der Waals surface area contributed by atoms with Gasteiger partial charge in [0.25, 0.3) is 0 Å². The van der Waals surface area contributed by atoms with Crippen LogP contribution < -0.4 is 0 Å². The zero-order chi connectivity index (χ0) is 10.9. The highest BCUT2D eigenvalue weighted by Gasteiger charge is 2.02. The number of pyridine rings is 1. The maximum absolute atomic E-state index is 4.14. The van der Waals surface area contributed by atoms with Crippen molar-refractivity contribution in [1.29, 1.82) is 0 Å². The van der Waals surface area contributed by atoms with Crippen molar-refractivity contribution >= 4 is 0 Å². The predicted molar refractivity (Wildman–Crippen MR) is 65.0 cm³/mol. The first-order valence-electron chi connectivity index (χ1n) is 5.98. The zero-order valence-electron chi connectivity index (χ0n) is 9.95. The molecule has 0 saturated heterocycles. The summed E-state index contributed by atoms with van der Waals surface area (Å²) in [6, 6.07) is 4.17. The first-order valence-corrected chi connectivity index (χ1v) is 5.98. The van der Waals surface area contributed by atoms with E-state index in [0.717, 1.165) is 13.0 Å². The predicted octanol–water partition coefficient (Wildman–Crippen LogP) is 2.75. The number of hydrogen-bond donors (Lipinski definition) is 0. The van der Waals surface area contributed by atoms with Gasteiger partial charge in [0.1, 0.15) is 0 Å². The van der Waals surface area contributed by atoms with Crippen LogP contribution in [0, 0.1) is 0 Å². The smallest absolute Gasteiger partial charge is 0.0300 e. The Labute approximate surface area is 93.3 Å². The van der Waals surface area contributed by atoms with Gasteiger partial charge >= 0.3 is 0 Å². The van der Waals surface area contributed by atoms with Crippen molar-refractivity contribution in [2.45, 2.75) is 33.1 Å². The highest BCUT2D eigenvalue weighted by molar-refractivity contribution is 5.08. The lowest BCUT2D eigenvalue weighted by Crippen LogP contribution is -2.27. The van der Waals surface area contributed by atoms with Gasteiger partial charge in [-0.15, -0.1) is 0 Å². The molecule has 0 aliphatic carbocycles. The van der Waals surface area contributed by atoms with Gasteiger partial charge < -0.3 is 4.90 Å². The highest BCUT2D eigenvalue weighted by Crippen LogP contribution is 2.01. The van der Waals surface area contributed by atoms with Gasteiger partial charge in [0.15, 0.2) is 0 Å². The normalized spacial score (nSPS) is 10.9. The lowest BCUT2D eigenvalue weighted by molar-refractivity contribution is 0.278. The van der Waals surface area contributed by atoms with Crippen LogP contribution in [0.1, 0.15) is 32.3 Å². The molecule has 0 saturated carbocycles. The summed E-state index contributed by atoms with van der Waals surface area (Å²) in [5.74, 6) is 0. The SMILES string of the molecule is CCCN(CCC)CCc1cccnc1. The molecule has 0 amide bonds. The average Bonchev–Trinajstić information content (AvgIpc) is 2.28. The molecular formula is C13H22N2. The molecule has 0 N–H and O–H groups in total. The van der Waals surface area contributed by atoms with E-state index in [0.29, 0.717) is 0 Å². The Morgan fingerprint density at radius 2 is 1.87 bits per heavy atom.